The van der Waals surface area contributed by atoms with Crippen molar-refractivity contribution in [3.05, 3.63) is 45.8 Å². The van der Waals surface area contributed by atoms with E-state index in [1.165, 1.54) is 24.3 Å². The molecule has 3 N–H and O–H groups in total. The second-order valence-corrected chi connectivity index (χ2v) is 8.61. The lowest BCUT2D eigenvalue weighted by atomic mass is 9.96. The first kappa shape index (κ1) is 22.8. The van der Waals surface area contributed by atoms with Gasteiger partial charge in [0.05, 0.1) is 17.7 Å². The van der Waals surface area contributed by atoms with E-state index in [4.69, 9.17) is 15.2 Å². The van der Waals surface area contributed by atoms with Crippen LogP contribution in [0.5, 0.6) is 0 Å². The van der Waals surface area contributed by atoms with Gasteiger partial charge in [-0.25, -0.2) is 9.59 Å². The number of esters is 2. The van der Waals surface area contributed by atoms with Crippen molar-refractivity contribution < 1.29 is 23.9 Å². The molecule has 31 heavy (non-hydrogen) atoms. The van der Waals surface area contributed by atoms with Gasteiger partial charge in [0.1, 0.15) is 5.00 Å². The molecule has 1 atom stereocenters. The highest BCUT2D eigenvalue weighted by molar-refractivity contribution is 7.17. The van der Waals surface area contributed by atoms with Crippen molar-refractivity contribution in [1.82, 2.24) is 0 Å². The summed E-state index contributed by atoms with van der Waals surface area (Å²) in [6, 6.07) is 6.36. The number of anilines is 2. The van der Waals surface area contributed by atoms with Crippen molar-refractivity contribution in [3.8, 4) is 0 Å². The van der Waals surface area contributed by atoms with E-state index in [-0.39, 0.29) is 12.2 Å². The van der Waals surface area contributed by atoms with Crippen LogP contribution in [0, 0.1) is 0 Å². The van der Waals surface area contributed by atoms with Gasteiger partial charge in [0.2, 0.25) is 0 Å². The summed E-state index contributed by atoms with van der Waals surface area (Å²) in [5.41, 5.74) is 7.81. The molecule has 0 saturated heterocycles. The molecule has 0 aliphatic heterocycles. The number of carbonyl (C=O) groups excluding carboxylic acids is 3. The molecule has 1 amide bonds. The number of aryl methyl sites for hydroxylation is 1. The molecule has 1 aromatic carbocycles. The van der Waals surface area contributed by atoms with Crippen LogP contribution < -0.4 is 11.1 Å². The highest BCUT2D eigenvalue weighted by Crippen LogP contribution is 2.37. The predicted octanol–water partition coefficient (Wildman–Crippen LogP) is 4.35. The van der Waals surface area contributed by atoms with Crippen LogP contribution in [-0.4, -0.2) is 30.6 Å². The lowest BCUT2D eigenvalue weighted by molar-refractivity contribution is -0.123. The summed E-state index contributed by atoms with van der Waals surface area (Å²) in [4.78, 5) is 38.9. The maximum atomic E-state index is 12.8. The average molecular weight is 445 g/mol. The number of ether oxygens (including phenoxy) is 2. The maximum absolute atomic E-state index is 12.8. The fourth-order valence-electron chi connectivity index (χ4n) is 3.59. The number of nitrogens with one attached hydrogen (secondary N) is 1. The van der Waals surface area contributed by atoms with Crippen molar-refractivity contribution in [3.63, 3.8) is 0 Å². The summed E-state index contributed by atoms with van der Waals surface area (Å²) >= 11 is 1.41. The molecule has 1 aromatic heterocycles. The van der Waals surface area contributed by atoms with E-state index in [0.717, 1.165) is 49.0 Å². The van der Waals surface area contributed by atoms with Crippen LogP contribution in [0.15, 0.2) is 24.3 Å². The normalized spacial score (nSPS) is 14.5. The van der Waals surface area contributed by atoms with Crippen molar-refractivity contribution in [1.29, 1.82) is 0 Å². The zero-order valence-electron chi connectivity index (χ0n) is 17.9. The molecule has 3 rings (SSSR count). The fourth-order valence-corrected chi connectivity index (χ4v) is 4.87. The van der Waals surface area contributed by atoms with Crippen LogP contribution in [0.1, 0.15) is 70.7 Å². The summed E-state index contributed by atoms with van der Waals surface area (Å²) in [7, 11) is 0. The summed E-state index contributed by atoms with van der Waals surface area (Å²) < 4.78 is 10.6. The quantitative estimate of drug-likeness (QED) is 0.507. The highest BCUT2D eigenvalue weighted by Gasteiger charge is 2.28. The Morgan fingerprint density at radius 1 is 1.13 bits per heavy atom. The molecule has 8 heteroatoms. The summed E-state index contributed by atoms with van der Waals surface area (Å²) in [6.45, 7) is 3.50. The average Bonchev–Trinajstić information content (AvgIpc) is 3.04. The van der Waals surface area contributed by atoms with Gasteiger partial charge < -0.3 is 20.5 Å². The molecule has 7 nitrogen and oxygen atoms in total. The van der Waals surface area contributed by atoms with Gasteiger partial charge >= 0.3 is 11.9 Å². The van der Waals surface area contributed by atoms with Gasteiger partial charge in [0, 0.05) is 10.6 Å². The largest absolute Gasteiger partial charge is 0.462 e. The predicted molar refractivity (Wildman–Crippen MR) is 121 cm³/mol. The summed E-state index contributed by atoms with van der Waals surface area (Å²) in [5, 5.41) is 3.25. The Hall–Kier alpha value is -2.87. The van der Waals surface area contributed by atoms with E-state index in [1.54, 1.807) is 25.1 Å². The molecular weight excluding hydrogens is 416 g/mol. The maximum Gasteiger partial charge on any atom is 0.341 e. The van der Waals surface area contributed by atoms with Crippen molar-refractivity contribution in [2.45, 2.75) is 58.5 Å². The minimum Gasteiger partial charge on any atom is -0.462 e. The Morgan fingerprint density at radius 2 is 1.87 bits per heavy atom. The molecule has 1 aliphatic rings. The van der Waals surface area contributed by atoms with Crippen molar-refractivity contribution >= 4 is 39.9 Å². The van der Waals surface area contributed by atoms with E-state index >= 15 is 0 Å². The zero-order chi connectivity index (χ0) is 22.4. The second-order valence-electron chi connectivity index (χ2n) is 7.50. The first-order chi connectivity index (χ1) is 14.9. The van der Waals surface area contributed by atoms with Gasteiger partial charge in [-0.1, -0.05) is 18.9 Å². The van der Waals surface area contributed by atoms with Crippen molar-refractivity contribution in [2.75, 3.05) is 17.7 Å². The SMILES string of the molecule is CCOC(=O)c1c(NC(=O)C(C)OC(=O)c2cccc(N)c2)sc2c1CCCCCC2. The molecular formula is C23H28N2O5S. The number of nitrogens with two attached hydrogens (primary N) is 1. The second kappa shape index (κ2) is 10.4. The molecule has 0 bridgehead atoms. The third kappa shape index (κ3) is 5.64. The van der Waals surface area contributed by atoms with E-state index in [2.05, 4.69) is 5.32 Å². The standard InChI is InChI=1S/C23H28N2O5S/c1-3-29-23(28)19-17-11-6-4-5-7-12-18(17)31-21(19)25-20(26)14(2)30-22(27)15-9-8-10-16(24)13-15/h8-10,13-14H,3-7,11-12,24H2,1-2H3,(H,25,26). The number of thiophene rings is 1. The molecule has 1 unspecified atom stereocenters. The molecule has 0 fully saturated rings. The Balaban J connectivity index is 1.78. The van der Waals surface area contributed by atoms with E-state index in [1.807, 2.05) is 0 Å². The summed E-state index contributed by atoms with van der Waals surface area (Å²) in [5.74, 6) is -1.57. The highest BCUT2D eigenvalue weighted by atomic mass is 32.1. The Kier molecular flexibility index (Phi) is 7.68. The zero-order valence-corrected chi connectivity index (χ0v) is 18.7. The number of amides is 1. The van der Waals surface area contributed by atoms with Gasteiger partial charge in [-0.05, 0) is 63.3 Å². The van der Waals surface area contributed by atoms with Crippen LogP contribution in [-0.2, 0) is 27.1 Å². The molecule has 1 aliphatic carbocycles. The number of benzene rings is 1. The van der Waals surface area contributed by atoms with Crippen molar-refractivity contribution in [2.24, 2.45) is 0 Å². The number of carbonyl (C=O) groups is 3. The number of hydrogen-bond acceptors (Lipinski definition) is 7. The van der Waals surface area contributed by atoms with E-state index in [0.29, 0.717) is 16.3 Å². The molecule has 1 heterocycles. The van der Waals surface area contributed by atoms with Gasteiger partial charge in [-0.2, -0.15) is 0 Å². The molecule has 2 aromatic rings. The minimum absolute atomic E-state index is 0.255. The molecule has 0 spiro atoms. The van der Waals surface area contributed by atoms with E-state index in [9.17, 15) is 14.4 Å². The molecule has 0 radical (unpaired) electrons. The smallest absolute Gasteiger partial charge is 0.341 e. The van der Waals surface area contributed by atoms with Crippen LogP contribution in [0.25, 0.3) is 0 Å². The monoisotopic (exact) mass is 444 g/mol. The topological polar surface area (TPSA) is 108 Å². The number of nitrogen functional groups attached to an aromatic ring is 1. The van der Waals surface area contributed by atoms with Gasteiger partial charge in [0.25, 0.3) is 5.91 Å². The molecule has 0 saturated carbocycles. The summed E-state index contributed by atoms with van der Waals surface area (Å²) in [6.07, 6.45) is 4.95. The third-order valence-corrected chi connectivity index (χ3v) is 6.37. The Bertz CT molecular complexity index is 969. The van der Waals surface area contributed by atoms with E-state index < -0.39 is 23.9 Å². The lowest BCUT2D eigenvalue weighted by Crippen LogP contribution is -2.30. The first-order valence-corrected chi connectivity index (χ1v) is 11.4. The van der Waals surface area contributed by atoms with Crippen LogP contribution in [0.4, 0.5) is 10.7 Å². The Labute approximate surface area is 185 Å². The van der Waals surface area contributed by atoms with Crippen LogP contribution in [0.2, 0.25) is 0 Å². The lowest BCUT2D eigenvalue weighted by Gasteiger charge is -2.14. The van der Waals surface area contributed by atoms with Gasteiger partial charge in [-0.15, -0.1) is 11.3 Å². The number of rotatable bonds is 6. The number of fused-ring (bicyclic) bond motifs is 1. The fraction of sp³-hybridized carbons (Fsp3) is 0.435. The minimum atomic E-state index is -1.05. The van der Waals surface area contributed by atoms with Gasteiger partial charge in [0.15, 0.2) is 6.10 Å². The third-order valence-electron chi connectivity index (χ3n) is 5.16. The van der Waals surface area contributed by atoms with Gasteiger partial charge in [-0.3, -0.25) is 4.79 Å². The Morgan fingerprint density at radius 3 is 2.58 bits per heavy atom. The number of hydrogen-bond donors (Lipinski definition) is 2. The molecule has 166 valence electrons. The van der Waals surface area contributed by atoms with Crippen LogP contribution >= 0.6 is 11.3 Å². The first-order valence-electron chi connectivity index (χ1n) is 10.6. The van der Waals surface area contributed by atoms with Crippen LogP contribution in [0.3, 0.4) is 0 Å².